The summed E-state index contributed by atoms with van der Waals surface area (Å²) in [5, 5.41) is 9.44. The summed E-state index contributed by atoms with van der Waals surface area (Å²) >= 11 is 5.86. The van der Waals surface area contributed by atoms with Gasteiger partial charge in [0.1, 0.15) is 0 Å². The van der Waals surface area contributed by atoms with Crippen LogP contribution in [-0.2, 0) is 4.74 Å². The second-order valence-corrected chi connectivity index (χ2v) is 3.75. The number of carbonyl (C=O) groups is 2. The van der Waals surface area contributed by atoms with Crippen LogP contribution in [0.5, 0.6) is 0 Å². The van der Waals surface area contributed by atoms with E-state index < -0.39 is 11.9 Å². The number of aromatic nitrogens is 1. The molecule has 2 aromatic rings. The maximum absolute atomic E-state index is 11.5. The fourth-order valence-electron chi connectivity index (χ4n) is 1.69. The maximum Gasteiger partial charge on any atom is 0.340 e. The third-order valence-electron chi connectivity index (χ3n) is 2.41. The first kappa shape index (κ1) is 11.5. The van der Waals surface area contributed by atoms with Gasteiger partial charge in [0, 0.05) is 11.6 Å². The number of aromatic amines is 1. The molecule has 0 atom stereocenters. The first-order valence-corrected chi connectivity index (χ1v) is 5.05. The Balaban J connectivity index is 2.83. The summed E-state index contributed by atoms with van der Waals surface area (Å²) in [7, 11) is 1.25. The highest BCUT2D eigenvalue weighted by Gasteiger charge is 2.20. The monoisotopic (exact) mass is 253 g/mol. The summed E-state index contributed by atoms with van der Waals surface area (Å²) in [6, 6.07) is 2.84. The van der Waals surface area contributed by atoms with Gasteiger partial charge in [0.05, 0.1) is 28.8 Å². The summed E-state index contributed by atoms with van der Waals surface area (Å²) in [5.41, 5.74) is 0.580. The number of aromatic carboxylic acids is 1. The van der Waals surface area contributed by atoms with Gasteiger partial charge in [-0.3, -0.25) is 0 Å². The molecule has 17 heavy (non-hydrogen) atoms. The highest BCUT2D eigenvalue weighted by Crippen LogP contribution is 2.29. The highest BCUT2D eigenvalue weighted by atomic mass is 35.5. The van der Waals surface area contributed by atoms with Crippen molar-refractivity contribution >= 4 is 34.4 Å². The number of nitrogens with one attached hydrogen (secondary N) is 1. The van der Waals surface area contributed by atoms with E-state index in [1.54, 1.807) is 12.3 Å². The van der Waals surface area contributed by atoms with Crippen molar-refractivity contribution in [3.05, 3.63) is 34.5 Å². The smallest absolute Gasteiger partial charge is 0.340 e. The Labute approximate surface area is 101 Å². The van der Waals surface area contributed by atoms with Crippen molar-refractivity contribution in [1.29, 1.82) is 0 Å². The predicted molar refractivity (Wildman–Crippen MR) is 61.6 cm³/mol. The van der Waals surface area contributed by atoms with Crippen LogP contribution in [0, 0.1) is 0 Å². The molecule has 88 valence electrons. The summed E-state index contributed by atoms with van der Waals surface area (Å²) in [6.07, 6.45) is 1.54. The van der Waals surface area contributed by atoms with Crippen LogP contribution in [-0.4, -0.2) is 29.1 Å². The summed E-state index contributed by atoms with van der Waals surface area (Å²) in [4.78, 5) is 25.4. The van der Waals surface area contributed by atoms with Crippen LogP contribution < -0.4 is 0 Å². The lowest BCUT2D eigenvalue weighted by Gasteiger charge is -2.06. The van der Waals surface area contributed by atoms with E-state index in [4.69, 9.17) is 16.7 Å². The van der Waals surface area contributed by atoms with E-state index in [1.165, 1.54) is 13.2 Å². The van der Waals surface area contributed by atoms with Crippen LogP contribution >= 0.6 is 11.6 Å². The first-order chi connectivity index (χ1) is 8.06. The van der Waals surface area contributed by atoms with Crippen LogP contribution in [0.2, 0.25) is 5.02 Å². The standard InChI is InChI=1S/C11H8ClNO4/c1-17-11(16)6-4-7(12)8(10(14)15)5-2-3-13-9(5)6/h2-4,13H,1H3,(H,14,15). The molecule has 0 amide bonds. The van der Waals surface area contributed by atoms with E-state index >= 15 is 0 Å². The van der Waals surface area contributed by atoms with E-state index in [2.05, 4.69) is 9.72 Å². The Hall–Kier alpha value is -2.01. The molecule has 0 radical (unpaired) electrons. The van der Waals surface area contributed by atoms with Crippen molar-refractivity contribution in [1.82, 2.24) is 4.98 Å². The molecule has 5 nitrogen and oxygen atoms in total. The van der Waals surface area contributed by atoms with Crippen molar-refractivity contribution in [2.24, 2.45) is 0 Å². The molecular formula is C11H8ClNO4. The quantitative estimate of drug-likeness (QED) is 0.805. The normalized spacial score (nSPS) is 10.5. The number of methoxy groups -OCH3 is 1. The molecular weight excluding hydrogens is 246 g/mol. The zero-order valence-corrected chi connectivity index (χ0v) is 9.54. The van der Waals surface area contributed by atoms with Crippen molar-refractivity contribution < 1.29 is 19.4 Å². The number of H-pyrrole nitrogens is 1. The highest BCUT2D eigenvalue weighted by molar-refractivity contribution is 6.36. The van der Waals surface area contributed by atoms with Gasteiger partial charge in [-0.15, -0.1) is 0 Å². The molecule has 0 saturated heterocycles. The van der Waals surface area contributed by atoms with E-state index in [0.29, 0.717) is 10.9 Å². The number of hydrogen-bond acceptors (Lipinski definition) is 3. The van der Waals surface area contributed by atoms with Crippen molar-refractivity contribution in [2.75, 3.05) is 7.11 Å². The van der Waals surface area contributed by atoms with Gasteiger partial charge in [-0.25, -0.2) is 9.59 Å². The van der Waals surface area contributed by atoms with Crippen LogP contribution in [0.1, 0.15) is 20.7 Å². The number of fused-ring (bicyclic) bond motifs is 1. The van der Waals surface area contributed by atoms with Crippen LogP contribution in [0.15, 0.2) is 18.3 Å². The van der Waals surface area contributed by atoms with E-state index in [9.17, 15) is 9.59 Å². The fourth-order valence-corrected chi connectivity index (χ4v) is 1.98. The lowest BCUT2D eigenvalue weighted by molar-refractivity contribution is 0.0601. The Morgan fingerprint density at radius 1 is 1.47 bits per heavy atom. The number of rotatable bonds is 2. The molecule has 0 saturated carbocycles. The largest absolute Gasteiger partial charge is 0.478 e. The average molecular weight is 254 g/mol. The van der Waals surface area contributed by atoms with Crippen molar-refractivity contribution in [3.63, 3.8) is 0 Å². The fraction of sp³-hybridized carbons (Fsp3) is 0.0909. The number of carboxylic acid groups (broad SMARTS) is 1. The molecule has 0 bridgehead atoms. The Morgan fingerprint density at radius 3 is 2.76 bits per heavy atom. The minimum Gasteiger partial charge on any atom is -0.478 e. The van der Waals surface area contributed by atoms with Crippen LogP contribution in [0.3, 0.4) is 0 Å². The van der Waals surface area contributed by atoms with Crippen molar-refractivity contribution in [3.8, 4) is 0 Å². The number of benzene rings is 1. The molecule has 1 aromatic carbocycles. The molecule has 0 aliphatic heterocycles. The molecule has 0 aliphatic rings. The molecule has 2 N–H and O–H groups in total. The van der Waals surface area contributed by atoms with E-state index in [1.807, 2.05) is 0 Å². The molecule has 1 heterocycles. The van der Waals surface area contributed by atoms with Gasteiger partial charge in [0.25, 0.3) is 0 Å². The lowest BCUT2D eigenvalue weighted by atomic mass is 10.1. The number of esters is 1. The SMILES string of the molecule is COC(=O)c1cc(Cl)c(C(=O)O)c2cc[nH]c12. The second-order valence-electron chi connectivity index (χ2n) is 3.34. The minimum absolute atomic E-state index is 0.00463. The van der Waals surface area contributed by atoms with E-state index in [-0.39, 0.29) is 16.1 Å². The summed E-state index contributed by atoms with van der Waals surface area (Å²) < 4.78 is 4.60. The summed E-state index contributed by atoms with van der Waals surface area (Å²) in [5.74, 6) is -1.72. The molecule has 0 spiro atoms. The van der Waals surface area contributed by atoms with Gasteiger partial charge in [-0.1, -0.05) is 11.6 Å². The minimum atomic E-state index is -1.14. The predicted octanol–water partition coefficient (Wildman–Crippen LogP) is 2.31. The third kappa shape index (κ3) is 1.74. The number of hydrogen-bond donors (Lipinski definition) is 2. The second kappa shape index (κ2) is 4.10. The number of halogens is 1. The average Bonchev–Trinajstić information content (AvgIpc) is 2.74. The Morgan fingerprint density at radius 2 is 2.18 bits per heavy atom. The van der Waals surface area contributed by atoms with Gasteiger partial charge >= 0.3 is 11.9 Å². The lowest BCUT2D eigenvalue weighted by Crippen LogP contribution is -2.05. The van der Waals surface area contributed by atoms with E-state index in [0.717, 1.165) is 0 Å². The Bertz CT molecular complexity index is 617. The first-order valence-electron chi connectivity index (χ1n) is 4.67. The number of ether oxygens (including phenoxy) is 1. The maximum atomic E-state index is 11.5. The molecule has 0 unspecified atom stereocenters. The van der Waals surface area contributed by atoms with Gasteiger partial charge in [-0.05, 0) is 12.1 Å². The molecule has 0 aliphatic carbocycles. The summed E-state index contributed by atoms with van der Waals surface area (Å²) in [6.45, 7) is 0. The molecule has 0 fully saturated rings. The molecule has 2 rings (SSSR count). The van der Waals surface area contributed by atoms with Gasteiger partial charge in [0.2, 0.25) is 0 Å². The molecule has 1 aromatic heterocycles. The van der Waals surface area contributed by atoms with Gasteiger partial charge < -0.3 is 14.8 Å². The number of carboxylic acids is 1. The third-order valence-corrected chi connectivity index (χ3v) is 2.71. The number of carbonyl (C=O) groups excluding carboxylic acids is 1. The van der Waals surface area contributed by atoms with Gasteiger partial charge in [-0.2, -0.15) is 0 Å². The van der Waals surface area contributed by atoms with Crippen LogP contribution in [0.25, 0.3) is 10.9 Å². The Kier molecular flexibility index (Phi) is 2.77. The molecule has 6 heteroatoms. The van der Waals surface area contributed by atoms with Crippen molar-refractivity contribution in [2.45, 2.75) is 0 Å². The van der Waals surface area contributed by atoms with Crippen LogP contribution in [0.4, 0.5) is 0 Å². The zero-order chi connectivity index (χ0) is 12.6. The topological polar surface area (TPSA) is 79.4 Å². The van der Waals surface area contributed by atoms with Gasteiger partial charge in [0.15, 0.2) is 0 Å². The zero-order valence-electron chi connectivity index (χ0n) is 8.78.